The van der Waals surface area contributed by atoms with Gasteiger partial charge in [-0.25, -0.2) is 8.42 Å². The SMILES string of the molecule is CC(=O)N1CCN(CC2CCCN2C(=O)CN2CCCC(NS(=O)(=O)c3ccc4cc(Br)ccc4c3)C2=O)CC1. The van der Waals surface area contributed by atoms with Crippen LogP contribution < -0.4 is 4.72 Å². The van der Waals surface area contributed by atoms with Crippen LogP contribution in [0.2, 0.25) is 0 Å². The number of hydrogen-bond acceptors (Lipinski definition) is 6. The van der Waals surface area contributed by atoms with E-state index in [1.807, 2.05) is 28.0 Å². The number of benzene rings is 2. The van der Waals surface area contributed by atoms with Gasteiger partial charge < -0.3 is 14.7 Å². The minimum absolute atomic E-state index is 0.0451. The lowest BCUT2D eigenvalue weighted by Gasteiger charge is -2.38. The summed E-state index contributed by atoms with van der Waals surface area (Å²) in [4.78, 5) is 45.9. The molecular weight excluding hydrogens is 598 g/mol. The van der Waals surface area contributed by atoms with Crippen molar-refractivity contribution in [3.63, 3.8) is 0 Å². The highest BCUT2D eigenvalue weighted by molar-refractivity contribution is 9.10. The Kier molecular flexibility index (Phi) is 8.79. The summed E-state index contributed by atoms with van der Waals surface area (Å²) in [7, 11) is -3.93. The van der Waals surface area contributed by atoms with E-state index < -0.39 is 16.1 Å². The summed E-state index contributed by atoms with van der Waals surface area (Å²) in [5.74, 6) is -0.360. The monoisotopic (exact) mass is 633 g/mol. The fraction of sp³-hybridized carbons (Fsp3) is 0.536. The van der Waals surface area contributed by atoms with Crippen LogP contribution in [0.3, 0.4) is 0 Å². The Bertz CT molecular complexity index is 1390. The smallest absolute Gasteiger partial charge is 0.242 e. The Morgan fingerprint density at radius 3 is 2.40 bits per heavy atom. The molecule has 3 fully saturated rings. The third-order valence-electron chi connectivity index (χ3n) is 8.22. The summed E-state index contributed by atoms with van der Waals surface area (Å²) in [5, 5.41) is 1.69. The number of nitrogens with one attached hydrogen (secondary N) is 1. The first-order valence-corrected chi connectivity index (χ1v) is 16.2. The molecule has 3 saturated heterocycles. The van der Waals surface area contributed by atoms with Gasteiger partial charge in [-0.3, -0.25) is 19.3 Å². The number of sulfonamides is 1. The minimum atomic E-state index is -3.93. The number of rotatable bonds is 7. The summed E-state index contributed by atoms with van der Waals surface area (Å²) < 4.78 is 29.9. The lowest BCUT2D eigenvalue weighted by Crippen LogP contribution is -2.56. The van der Waals surface area contributed by atoms with Gasteiger partial charge in [-0.2, -0.15) is 4.72 Å². The first kappa shape index (κ1) is 29.0. The third-order valence-corrected chi connectivity index (χ3v) is 10.2. The maximum absolute atomic E-state index is 13.3. The van der Waals surface area contributed by atoms with Gasteiger partial charge in [0.05, 0.1) is 11.4 Å². The van der Waals surface area contributed by atoms with Crippen LogP contribution in [0.4, 0.5) is 0 Å². The fourth-order valence-corrected chi connectivity index (χ4v) is 7.61. The van der Waals surface area contributed by atoms with Crippen molar-refractivity contribution in [3.8, 4) is 0 Å². The zero-order valence-electron chi connectivity index (χ0n) is 22.7. The van der Waals surface area contributed by atoms with Crippen LogP contribution in [0.25, 0.3) is 10.8 Å². The van der Waals surface area contributed by atoms with Gasteiger partial charge in [0.15, 0.2) is 0 Å². The highest BCUT2D eigenvalue weighted by Crippen LogP contribution is 2.24. The van der Waals surface area contributed by atoms with Gasteiger partial charge in [-0.15, -0.1) is 0 Å². The number of piperidine rings is 1. The fourth-order valence-electron chi connectivity index (χ4n) is 5.98. The van der Waals surface area contributed by atoms with Gasteiger partial charge in [0, 0.05) is 63.3 Å². The van der Waals surface area contributed by atoms with Crippen LogP contribution in [-0.4, -0.2) is 110 Å². The van der Waals surface area contributed by atoms with E-state index in [4.69, 9.17) is 0 Å². The normalized spacial score (nSPS) is 22.8. The number of nitrogens with zero attached hydrogens (tertiary/aromatic N) is 4. The summed E-state index contributed by atoms with van der Waals surface area (Å²) in [6.45, 7) is 6.38. The number of hydrogen-bond donors (Lipinski definition) is 1. The Morgan fingerprint density at radius 2 is 1.65 bits per heavy atom. The summed E-state index contributed by atoms with van der Waals surface area (Å²) in [6.07, 6.45) is 2.84. The van der Waals surface area contributed by atoms with Crippen molar-refractivity contribution >= 4 is 54.4 Å². The van der Waals surface area contributed by atoms with E-state index in [9.17, 15) is 22.8 Å². The van der Waals surface area contributed by atoms with E-state index >= 15 is 0 Å². The zero-order chi connectivity index (χ0) is 28.4. The molecule has 2 atom stereocenters. The van der Waals surface area contributed by atoms with Gasteiger partial charge in [0.25, 0.3) is 0 Å². The molecule has 3 aliphatic heterocycles. The largest absolute Gasteiger partial charge is 0.340 e. The topological polar surface area (TPSA) is 110 Å². The second kappa shape index (κ2) is 12.1. The molecule has 0 saturated carbocycles. The maximum atomic E-state index is 13.3. The molecule has 10 nitrogen and oxygen atoms in total. The van der Waals surface area contributed by atoms with Crippen molar-refractivity contribution < 1.29 is 22.8 Å². The average molecular weight is 635 g/mol. The van der Waals surface area contributed by atoms with E-state index in [2.05, 4.69) is 25.6 Å². The molecule has 0 radical (unpaired) electrons. The molecule has 3 heterocycles. The van der Waals surface area contributed by atoms with Crippen LogP contribution in [0.15, 0.2) is 45.8 Å². The summed E-state index contributed by atoms with van der Waals surface area (Å²) in [5.41, 5.74) is 0. The molecule has 0 aliphatic carbocycles. The predicted molar refractivity (Wildman–Crippen MR) is 155 cm³/mol. The van der Waals surface area contributed by atoms with Gasteiger partial charge in [-0.05, 0) is 60.7 Å². The van der Waals surface area contributed by atoms with Crippen molar-refractivity contribution in [3.05, 3.63) is 40.9 Å². The predicted octanol–water partition coefficient (Wildman–Crippen LogP) is 2.03. The number of carbonyl (C=O) groups is 3. The molecule has 5 rings (SSSR count). The lowest BCUT2D eigenvalue weighted by atomic mass is 10.1. The Labute approximate surface area is 243 Å². The van der Waals surface area contributed by atoms with Gasteiger partial charge in [0.1, 0.15) is 6.04 Å². The molecule has 1 N–H and O–H groups in total. The van der Waals surface area contributed by atoms with E-state index in [-0.39, 0.29) is 35.2 Å². The standard InChI is InChI=1S/C28H36BrN5O5S/c1-20(35)32-14-12-31(13-15-32)18-24-4-2-11-34(24)27(36)19-33-10-3-5-26(28(33)37)30-40(38,39)25-9-7-21-16-23(29)8-6-22(21)17-25/h6-9,16-17,24,26,30H,2-5,10-15,18-19H2,1H3. The molecule has 0 bridgehead atoms. The lowest BCUT2D eigenvalue weighted by molar-refractivity contribution is -0.143. The molecular formula is C28H36BrN5O5S. The van der Waals surface area contributed by atoms with Crippen LogP contribution >= 0.6 is 15.9 Å². The van der Waals surface area contributed by atoms with Crippen LogP contribution in [0, 0.1) is 0 Å². The molecule has 40 heavy (non-hydrogen) atoms. The number of fused-ring (bicyclic) bond motifs is 1. The second-order valence-electron chi connectivity index (χ2n) is 10.9. The Balaban J connectivity index is 1.19. The quantitative estimate of drug-likeness (QED) is 0.500. The molecule has 2 aromatic rings. The van der Waals surface area contributed by atoms with Crippen molar-refractivity contribution in [1.29, 1.82) is 0 Å². The molecule has 2 aromatic carbocycles. The molecule has 216 valence electrons. The summed E-state index contributed by atoms with van der Waals surface area (Å²) in [6, 6.07) is 9.68. The van der Waals surface area contributed by atoms with Crippen molar-refractivity contribution in [2.24, 2.45) is 0 Å². The van der Waals surface area contributed by atoms with E-state index in [1.165, 1.54) is 4.90 Å². The average Bonchev–Trinajstić information content (AvgIpc) is 3.39. The third kappa shape index (κ3) is 6.50. The molecule has 12 heteroatoms. The number of carbonyl (C=O) groups excluding carboxylic acids is 3. The number of amides is 3. The first-order chi connectivity index (χ1) is 19.1. The van der Waals surface area contributed by atoms with Crippen LogP contribution in [0.5, 0.6) is 0 Å². The Morgan fingerprint density at radius 1 is 0.950 bits per heavy atom. The molecule has 0 spiro atoms. The van der Waals surface area contributed by atoms with Gasteiger partial charge in [-0.1, -0.05) is 28.1 Å². The van der Waals surface area contributed by atoms with Gasteiger partial charge >= 0.3 is 0 Å². The minimum Gasteiger partial charge on any atom is -0.340 e. The maximum Gasteiger partial charge on any atom is 0.242 e. The number of likely N-dealkylation sites (tertiary alicyclic amines) is 2. The summed E-state index contributed by atoms with van der Waals surface area (Å²) >= 11 is 3.42. The Hall–Kier alpha value is -2.54. The second-order valence-corrected chi connectivity index (χ2v) is 13.5. The van der Waals surface area contributed by atoms with E-state index in [0.717, 1.165) is 47.7 Å². The van der Waals surface area contributed by atoms with E-state index in [1.54, 1.807) is 25.1 Å². The zero-order valence-corrected chi connectivity index (χ0v) is 25.1. The van der Waals surface area contributed by atoms with Crippen LogP contribution in [0.1, 0.15) is 32.6 Å². The first-order valence-electron chi connectivity index (χ1n) is 13.9. The van der Waals surface area contributed by atoms with Gasteiger partial charge in [0.2, 0.25) is 27.7 Å². The van der Waals surface area contributed by atoms with E-state index in [0.29, 0.717) is 39.0 Å². The van der Waals surface area contributed by atoms with Crippen LogP contribution in [-0.2, 0) is 24.4 Å². The number of piperazine rings is 1. The van der Waals surface area contributed by atoms with Crippen molar-refractivity contribution in [2.45, 2.75) is 49.6 Å². The molecule has 0 aromatic heterocycles. The molecule has 3 amide bonds. The van der Waals surface area contributed by atoms with Crippen molar-refractivity contribution in [2.75, 3.05) is 52.4 Å². The molecule has 3 aliphatic rings. The highest BCUT2D eigenvalue weighted by Gasteiger charge is 2.36. The number of halogens is 1. The molecule has 2 unspecified atom stereocenters. The van der Waals surface area contributed by atoms with Crippen molar-refractivity contribution in [1.82, 2.24) is 24.3 Å². The highest BCUT2D eigenvalue weighted by atomic mass is 79.9.